The normalized spacial score (nSPS) is 28.3. The molecule has 1 aromatic carbocycles. The smallest absolute Gasteiger partial charge is 0.312 e. The van der Waals surface area contributed by atoms with Gasteiger partial charge in [0.2, 0.25) is 17.5 Å². The maximum absolute atomic E-state index is 14.1. The zero-order valence-corrected chi connectivity index (χ0v) is 33.7. The number of piperazine rings is 1. The topological polar surface area (TPSA) is 193 Å². The minimum Gasteiger partial charge on any atom is -0.390 e. The highest BCUT2D eigenvalue weighted by Gasteiger charge is 2.34. The molecule has 3 aliphatic rings. The van der Waals surface area contributed by atoms with Gasteiger partial charge in [-0.1, -0.05) is 55.9 Å². The predicted octanol–water partition coefficient (Wildman–Crippen LogP) is 2.44. The van der Waals surface area contributed by atoms with Crippen molar-refractivity contribution in [2.24, 2.45) is 11.8 Å². The van der Waals surface area contributed by atoms with E-state index in [-0.39, 0.29) is 59.2 Å². The third-order valence-electron chi connectivity index (χ3n) is 10.5. The van der Waals surface area contributed by atoms with Gasteiger partial charge in [-0.2, -0.15) is 0 Å². The van der Waals surface area contributed by atoms with Crippen molar-refractivity contribution in [2.75, 3.05) is 40.4 Å². The number of ketones is 2. The zero-order chi connectivity index (χ0) is 41.8. The molecule has 2 heterocycles. The van der Waals surface area contributed by atoms with Gasteiger partial charge < -0.3 is 35.0 Å². The fourth-order valence-corrected chi connectivity index (χ4v) is 7.16. The van der Waals surface area contributed by atoms with Gasteiger partial charge in [0.15, 0.2) is 0 Å². The first kappa shape index (κ1) is 44.7. The summed E-state index contributed by atoms with van der Waals surface area (Å²) >= 11 is 0. The molecule has 1 fully saturated rings. The van der Waals surface area contributed by atoms with Gasteiger partial charge in [-0.25, -0.2) is 0 Å². The van der Waals surface area contributed by atoms with Crippen LogP contribution < -0.4 is 16.1 Å². The predicted molar refractivity (Wildman–Crippen MR) is 211 cm³/mol. The van der Waals surface area contributed by atoms with Gasteiger partial charge in [0.1, 0.15) is 0 Å². The van der Waals surface area contributed by atoms with E-state index in [2.05, 4.69) is 21.0 Å². The molecule has 1 aliphatic carbocycles. The molecular formula is C42H55N5O10. The van der Waals surface area contributed by atoms with Crippen LogP contribution in [-0.2, 0) is 44.8 Å². The van der Waals surface area contributed by atoms with Crippen molar-refractivity contribution in [3.8, 4) is 0 Å². The number of carbonyl (C=O) groups is 6. The molecule has 308 valence electrons. The van der Waals surface area contributed by atoms with E-state index in [0.717, 1.165) is 24.7 Å². The first-order chi connectivity index (χ1) is 27.2. The molecule has 2 aliphatic heterocycles. The van der Waals surface area contributed by atoms with Gasteiger partial charge in [0.25, 0.3) is 11.8 Å². The second kappa shape index (κ2) is 20.9. The highest BCUT2D eigenvalue weighted by atomic mass is 16.7. The molecule has 2 bridgehead atoms. The number of hydroxylamine groups is 1. The van der Waals surface area contributed by atoms with Crippen molar-refractivity contribution in [1.82, 2.24) is 25.9 Å². The molecular weight excluding hydrogens is 734 g/mol. The largest absolute Gasteiger partial charge is 0.390 e. The Morgan fingerprint density at radius 3 is 2.32 bits per heavy atom. The average molecular weight is 790 g/mol. The number of hydrogen-bond donors (Lipinski definition) is 4. The summed E-state index contributed by atoms with van der Waals surface area (Å²) < 4.78 is 11.4. The molecule has 15 heteroatoms. The van der Waals surface area contributed by atoms with Gasteiger partial charge in [-0.15, -0.1) is 5.48 Å². The standard InChI is InChI=1S/C42H55N5O10/c1-25-19-32-38(44-42(54)31-13-11-30(12-14-31)23-46-15-17-47(18-16-46)29(5)49)34(50)22-33(40(32)52)43-41(53)26(2)9-8-10-35(55-6)37(45-57-24-48)27(3)21-28(4)39(51)36(20-25)56-7/h8-14,21-22,24-25,28,35-37,39,45,51H,15-20,23H2,1-7H3,(H,43,53)(H,44,54)/b10-8-,26-9+,27-21+/t25-,28+,35+,36+,37+,39-/m1/s1. The number of benzene rings is 1. The van der Waals surface area contributed by atoms with Crippen molar-refractivity contribution in [3.63, 3.8) is 0 Å². The van der Waals surface area contributed by atoms with Crippen LogP contribution in [0.2, 0.25) is 0 Å². The summed E-state index contributed by atoms with van der Waals surface area (Å²) in [5.74, 6) is -3.26. The van der Waals surface area contributed by atoms with E-state index in [4.69, 9.17) is 14.3 Å². The molecule has 6 atom stereocenters. The Morgan fingerprint density at radius 1 is 1.02 bits per heavy atom. The van der Waals surface area contributed by atoms with Crippen molar-refractivity contribution in [1.29, 1.82) is 0 Å². The van der Waals surface area contributed by atoms with Crippen LogP contribution in [0.5, 0.6) is 0 Å². The summed E-state index contributed by atoms with van der Waals surface area (Å²) in [6, 6.07) is 6.30. The molecule has 15 nitrogen and oxygen atoms in total. The highest BCUT2D eigenvalue weighted by Crippen LogP contribution is 2.29. The quantitative estimate of drug-likeness (QED) is 0.124. The molecule has 57 heavy (non-hydrogen) atoms. The third kappa shape index (κ3) is 12.0. The minimum atomic E-state index is -1.01. The highest BCUT2D eigenvalue weighted by molar-refractivity contribution is 6.24. The number of allylic oxidation sites excluding steroid dienone is 4. The number of Topliss-reactive ketones (excluding diaryl/α,β-unsaturated/α-hetero) is 1. The number of rotatable bonds is 9. The van der Waals surface area contributed by atoms with Crippen LogP contribution in [-0.4, -0.2) is 115 Å². The van der Waals surface area contributed by atoms with Crippen LogP contribution in [0.3, 0.4) is 0 Å². The lowest BCUT2D eigenvalue weighted by atomic mass is 9.85. The minimum absolute atomic E-state index is 0.0135. The van der Waals surface area contributed by atoms with Crippen molar-refractivity contribution in [2.45, 2.75) is 78.4 Å². The summed E-state index contributed by atoms with van der Waals surface area (Å²) in [5, 5.41) is 16.7. The maximum atomic E-state index is 14.1. The molecule has 3 amide bonds. The van der Waals surface area contributed by atoms with Crippen LogP contribution in [0.25, 0.3) is 0 Å². The van der Waals surface area contributed by atoms with E-state index in [9.17, 15) is 33.9 Å². The number of amides is 3. The molecule has 0 aromatic heterocycles. The number of aliphatic hydroxyl groups is 1. The molecule has 0 saturated carbocycles. The molecule has 4 rings (SSSR count). The van der Waals surface area contributed by atoms with Gasteiger partial charge in [0, 0.05) is 82.6 Å². The molecule has 0 spiro atoms. The summed E-state index contributed by atoms with van der Waals surface area (Å²) in [6.45, 7) is 12.2. The molecule has 1 saturated heterocycles. The summed E-state index contributed by atoms with van der Waals surface area (Å²) in [7, 11) is 2.94. The van der Waals surface area contributed by atoms with Crippen LogP contribution in [0, 0.1) is 11.8 Å². The Labute approximate surface area is 333 Å². The third-order valence-corrected chi connectivity index (χ3v) is 10.5. The van der Waals surface area contributed by atoms with Crippen LogP contribution >= 0.6 is 0 Å². The summed E-state index contributed by atoms with van der Waals surface area (Å²) in [5.41, 5.74) is 4.41. The van der Waals surface area contributed by atoms with E-state index >= 15 is 0 Å². The number of fused-ring (bicyclic) bond motifs is 2. The van der Waals surface area contributed by atoms with Crippen LogP contribution in [0.4, 0.5) is 0 Å². The van der Waals surface area contributed by atoms with Crippen LogP contribution in [0.1, 0.15) is 63.4 Å². The van der Waals surface area contributed by atoms with Crippen molar-refractivity contribution < 1.29 is 48.2 Å². The van der Waals surface area contributed by atoms with E-state index < -0.39 is 53.7 Å². The number of methoxy groups -OCH3 is 2. The van der Waals surface area contributed by atoms with Crippen molar-refractivity contribution in [3.05, 3.63) is 93.9 Å². The first-order valence-corrected chi connectivity index (χ1v) is 19.0. The molecule has 1 aromatic rings. The lowest BCUT2D eigenvalue weighted by Gasteiger charge is -2.34. The number of ether oxygens (including phenoxy) is 2. The van der Waals surface area contributed by atoms with Gasteiger partial charge in [0.05, 0.1) is 35.7 Å². The SMILES string of the molecule is CO[C@H]1/C=C\C=C(/C)C(=O)NC2=CC(=O)C(NC(=O)c3ccc(CN4CCN(C(C)=O)CC4)cc3)=C(C[C@@H](C)C[C@H](OC)[C@H](O)[C@@H](C)/C=C(\C)[C@@H]1NOC=O)C2=O. The summed E-state index contributed by atoms with van der Waals surface area (Å²) in [4.78, 5) is 86.4. The van der Waals surface area contributed by atoms with E-state index in [1.54, 1.807) is 38.1 Å². The van der Waals surface area contributed by atoms with Crippen molar-refractivity contribution >= 4 is 35.8 Å². The van der Waals surface area contributed by atoms with E-state index in [1.807, 2.05) is 37.0 Å². The Hall–Kier alpha value is -5.06. The molecule has 4 N–H and O–H groups in total. The average Bonchev–Trinajstić information content (AvgIpc) is 3.19. The van der Waals surface area contributed by atoms with E-state index in [1.165, 1.54) is 27.2 Å². The number of nitrogens with one attached hydrogen (secondary N) is 3. The van der Waals surface area contributed by atoms with E-state index in [0.29, 0.717) is 25.2 Å². The Bertz CT molecular complexity index is 1820. The van der Waals surface area contributed by atoms with Crippen LogP contribution in [0.15, 0.2) is 82.8 Å². The Balaban J connectivity index is 1.63. The van der Waals surface area contributed by atoms with Gasteiger partial charge in [-0.3, -0.25) is 33.7 Å². The Kier molecular flexibility index (Phi) is 16.4. The maximum Gasteiger partial charge on any atom is 0.312 e. The second-order valence-corrected chi connectivity index (χ2v) is 14.8. The zero-order valence-electron chi connectivity index (χ0n) is 33.7. The van der Waals surface area contributed by atoms with Gasteiger partial charge >= 0.3 is 6.47 Å². The fourth-order valence-electron chi connectivity index (χ4n) is 7.16. The number of hydrogen-bond acceptors (Lipinski definition) is 12. The van der Waals surface area contributed by atoms with Gasteiger partial charge in [-0.05, 0) is 50.3 Å². The number of carbonyl (C=O) groups excluding carboxylic acids is 6. The first-order valence-electron chi connectivity index (χ1n) is 19.0. The monoisotopic (exact) mass is 789 g/mol. The number of nitrogens with zero attached hydrogens (tertiary/aromatic N) is 2. The lowest BCUT2D eigenvalue weighted by Crippen LogP contribution is -2.47. The molecule has 0 radical (unpaired) electrons. The summed E-state index contributed by atoms with van der Waals surface area (Å²) in [6.07, 6.45) is 5.42. The fraction of sp³-hybridized carbons (Fsp3) is 0.476. The number of aliphatic hydroxyl groups excluding tert-OH is 1. The second-order valence-electron chi connectivity index (χ2n) is 14.8. The molecule has 0 unspecified atom stereocenters. The Morgan fingerprint density at radius 2 is 1.70 bits per heavy atom. The lowest BCUT2D eigenvalue weighted by molar-refractivity contribution is -0.138.